The number of anilines is 2. The number of nitrogens with zero attached hydrogens (tertiary/aromatic N) is 5. The van der Waals surface area contributed by atoms with Crippen LogP contribution in [0.4, 0.5) is 24.8 Å². The molecular formula is C35H32F3N7O3. The van der Waals surface area contributed by atoms with Crippen LogP contribution in [0.2, 0.25) is 0 Å². The fourth-order valence-electron chi connectivity index (χ4n) is 5.84. The molecule has 0 radical (unpaired) electrons. The fourth-order valence-corrected chi connectivity index (χ4v) is 5.84. The number of alkyl halides is 3. The van der Waals surface area contributed by atoms with E-state index in [4.69, 9.17) is 10.7 Å². The van der Waals surface area contributed by atoms with Gasteiger partial charge in [0.05, 0.1) is 24.1 Å². The molecule has 48 heavy (non-hydrogen) atoms. The van der Waals surface area contributed by atoms with E-state index in [1.807, 2.05) is 46.9 Å². The van der Waals surface area contributed by atoms with Gasteiger partial charge in [-0.3, -0.25) is 14.0 Å². The van der Waals surface area contributed by atoms with E-state index < -0.39 is 17.6 Å². The first kappa shape index (κ1) is 32.4. The van der Waals surface area contributed by atoms with Gasteiger partial charge in [-0.1, -0.05) is 48.5 Å². The van der Waals surface area contributed by atoms with Gasteiger partial charge in [0.2, 0.25) is 5.91 Å². The first-order valence-electron chi connectivity index (χ1n) is 15.4. The molecule has 1 saturated heterocycles. The van der Waals surface area contributed by atoms with Crippen molar-refractivity contribution in [2.75, 3.05) is 30.7 Å². The van der Waals surface area contributed by atoms with Crippen molar-refractivity contribution < 1.29 is 27.9 Å². The van der Waals surface area contributed by atoms with Gasteiger partial charge in [-0.25, -0.2) is 15.0 Å². The Labute approximate surface area is 273 Å². The molecule has 2 amide bonds. The average Bonchev–Trinajstić information content (AvgIpc) is 3.50. The van der Waals surface area contributed by atoms with Crippen LogP contribution in [0.25, 0.3) is 28.9 Å². The Hall–Kier alpha value is -5.56. The number of nitrogens with two attached hydrogens (primary N) is 1. The largest absolute Gasteiger partial charge is 0.416 e. The lowest BCUT2D eigenvalue weighted by atomic mass is 9.96. The first-order valence-corrected chi connectivity index (χ1v) is 15.4. The summed E-state index contributed by atoms with van der Waals surface area (Å²) >= 11 is 0. The number of hydrogen-bond acceptors (Lipinski definition) is 7. The Morgan fingerprint density at radius 2 is 1.81 bits per heavy atom. The molecule has 4 heterocycles. The Kier molecular flexibility index (Phi) is 9.21. The number of nitrogen functional groups attached to an aromatic ring is 1. The van der Waals surface area contributed by atoms with E-state index in [1.165, 1.54) is 0 Å². The molecule has 1 fully saturated rings. The number of carbonyl (C=O) groups is 2. The molecular weight excluding hydrogens is 623 g/mol. The molecule has 2 aromatic carbocycles. The van der Waals surface area contributed by atoms with E-state index in [-0.39, 0.29) is 42.1 Å². The van der Waals surface area contributed by atoms with Crippen LogP contribution in [0, 0.1) is 0 Å². The number of nitrogens with one attached hydrogen (secondary N) is 1. The van der Waals surface area contributed by atoms with E-state index >= 15 is 0 Å². The monoisotopic (exact) mass is 655 g/mol. The first-order chi connectivity index (χ1) is 23.1. The van der Waals surface area contributed by atoms with Crippen LogP contribution in [-0.4, -0.2) is 60.9 Å². The molecule has 1 aliphatic heterocycles. The van der Waals surface area contributed by atoms with Crippen molar-refractivity contribution in [1.29, 1.82) is 0 Å². The third-order valence-electron chi connectivity index (χ3n) is 8.20. The van der Waals surface area contributed by atoms with E-state index in [2.05, 4.69) is 15.3 Å². The lowest BCUT2D eigenvalue weighted by Gasteiger charge is -2.32. The van der Waals surface area contributed by atoms with Gasteiger partial charge in [0.1, 0.15) is 28.7 Å². The smallest absolute Gasteiger partial charge is 0.396 e. The van der Waals surface area contributed by atoms with Gasteiger partial charge < -0.3 is 21.1 Å². The normalized spacial score (nSPS) is 15.2. The van der Waals surface area contributed by atoms with Crippen molar-refractivity contribution in [1.82, 2.24) is 24.3 Å². The average molecular weight is 656 g/mol. The van der Waals surface area contributed by atoms with Crippen LogP contribution in [0.5, 0.6) is 0 Å². The summed E-state index contributed by atoms with van der Waals surface area (Å²) < 4.78 is 41.4. The van der Waals surface area contributed by atoms with Crippen molar-refractivity contribution in [3.05, 3.63) is 107 Å². The number of pyridine rings is 1. The number of hydrogen-bond donors (Lipinski definition) is 3. The molecule has 1 atom stereocenters. The molecule has 246 valence electrons. The van der Waals surface area contributed by atoms with Crippen LogP contribution in [0.3, 0.4) is 0 Å². The second kappa shape index (κ2) is 13.7. The quantitative estimate of drug-likeness (QED) is 0.189. The third kappa shape index (κ3) is 6.91. The minimum Gasteiger partial charge on any atom is -0.396 e. The lowest BCUT2D eigenvalue weighted by molar-refractivity contribution is -0.137. The fraction of sp³-hybridized carbons (Fsp3) is 0.229. The molecule has 0 bridgehead atoms. The van der Waals surface area contributed by atoms with Gasteiger partial charge in [-0.15, -0.1) is 0 Å². The van der Waals surface area contributed by atoms with E-state index in [0.717, 1.165) is 42.4 Å². The Morgan fingerprint density at radius 3 is 2.54 bits per heavy atom. The topological polar surface area (TPSA) is 139 Å². The minimum absolute atomic E-state index is 0.0476. The number of aliphatic hydroxyl groups excluding tert-OH is 1. The standard InChI is InChI=1S/C35H32F3N7O3/c36-35(37,38)26-14-16-40-28(19-26)42-34(48)24-11-9-23(10-12-24)30-31-32(39)41-20-27(13-8-22-5-2-1-3-6-22)45(31)33(43-30)25-7-4-17-44(21-25)29(47)15-18-46/h1-3,5-6,8-14,16,19-20,25,46H,4,7,15,17-18,21H2,(H2,39,41)(H,40,42,48)/b13-8+. The summed E-state index contributed by atoms with van der Waals surface area (Å²) in [4.78, 5) is 40.8. The molecule has 1 unspecified atom stereocenters. The summed E-state index contributed by atoms with van der Waals surface area (Å²) in [5.41, 5.74) is 9.19. The molecule has 6 rings (SSSR count). The van der Waals surface area contributed by atoms with Crippen molar-refractivity contribution >= 4 is 41.1 Å². The number of halogens is 3. The Balaban J connectivity index is 1.37. The number of aliphatic hydroxyl groups is 1. The SMILES string of the molecule is Nc1ncc(/C=C/c2ccccc2)n2c(C3CCCN(C(=O)CCO)C3)nc(-c3ccc(C(=O)Nc4cc(C(F)(F)F)ccn4)cc3)c12. The number of aromatic nitrogens is 4. The number of imidazole rings is 1. The molecule has 4 N–H and O–H groups in total. The Morgan fingerprint density at radius 1 is 1.04 bits per heavy atom. The highest BCUT2D eigenvalue weighted by molar-refractivity contribution is 6.04. The van der Waals surface area contributed by atoms with Gasteiger partial charge >= 0.3 is 6.18 Å². The maximum atomic E-state index is 13.1. The summed E-state index contributed by atoms with van der Waals surface area (Å²) in [6.45, 7) is 0.789. The van der Waals surface area contributed by atoms with Crippen molar-refractivity contribution in [2.24, 2.45) is 0 Å². The Bertz CT molecular complexity index is 1980. The minimum atomic E-state index is -4.57. The van der Waals surface area contributed by atoms with Gasteiger partial charge in [-0.05, 0) is 48.7 Å². The van der Waals surface area contributed by atoms with E-state index in [9.17, 15) is 27.9 Å². The molecule has 10 nitrogen and oxygen atoms in total. The summed E-state index contributed by atoms with van der Waals surface area (Å²) in [7, 11) is 0. The third-order valence-corrected chi connectivity index (χ3v) is 8.20. The number of piperidine rings is 1. The zero-order chi connectivity index (χ0) is 33.8. The van der Waals surface area contributed by atoms with E-state index in [0.29, 0.717) is 35.7 Å². The highest BCUT2D eigenvalue weighted by Gasteiger charge is 2.32. The highest BCUT2D eigenvalue weighted by Crippen LogP contribution is 2.36. The van der Waals surface area contributed by atoms with Crippen LogP contribution < -0.4 is 11.1 Å². The van der Waals surface area contributed by atoms with Crippen molar-refractivity contribution in [3.8, 4) is 11.3 Å². The van der Waals surface area contributed by atoms with Gasteiger partial charge in [-0.2, -0.15) is 13.2 Å². The predicted octanol–water partition coefficient (Wildman–Crippen LogP) is 5.90. The summed E-state index contributed by atoms with van der Waals surface area (Å²) in [5, 5.41) is 11.8. The molecule has 13 heteroatoms. The number of carbonyl (C=O) groups excluding carboxylic acids is 2. The van der Waals surface area contributed by atoms with Crippen LogP contribution in [-0.2, 0) is 11.0 Å². The number of benzene rings is 2. The van der Waals surface area contributed by atoms with Gasteiger partial charge in [0.15, 0.2) is 0 Å². The second-order valence-corrected chi connectivity index (χ2v) is 11.4. The molecule has 0 spiro atoms. The molecule has 3 aromatic heterocycles. The lowest BCUT2D eigenvalue weighted by Crippen LogP contribution is -2.39. The van der Waals surface area contributed by atoms with E-state index in [1.54, 1.807) is 35.4 Å². The molecule has 1 aliphatic rings. The van der Waals surface area contributed by atoms with Crippen LogP contribution in [0.1, 0.15) is 58.2 Å². The number of rotatable bonds is 8. The van der Waals surface area contributed by atoms with Crippen LogP contribution in [0.15, 0.2) is 79.1 Å². The van der Waals surface area contributed by atoms with Crippen LogP contribution >= 0.6 is 0 Å². The van der Waals surface area contributed by atoms with Gasteiger partial charge in [0, 0.05) is 42.8 Å². The predicted molar refractivity (Wildman–Crippen MR) is 176 cm³/mol. The number of likely N-dealkylation sites (tertiary alicyclic amines) is 1. The maximum absolute atomic E-state index is 13.1. The zero-order valence-corrected chi connectivity index (χ0v) is 25.7. The van der Waals surface area contributed by atoms with Gasteiger partial charge in [0.25, 0.3) is 5.91 Å². The second-order valence-electron chi connectivity index (χ2n) is 11.4. The zero-order valence-electron chi connectivity index (χ0n) is 25.7. The van der Waals surface area contributed by atoms with Crippen molar-refractivity contribution in [2.45, 2.75) is 31.4 Å². The summed E-state index contributed by atoms with van der Waals surface area (Å²) in [6.07, 6.45) is 3.54. The summed E-state index contributed by atoms with van der Waals surface area (Å²) in [6, 6.07) is 17.8. The maximum Gasteiger partial charge on any atom is 0.416 e. The molecule has 0 aliphatic carbocycles. The number of amides is 2. The molecule has 0 saturated carbocycles. The van der Waals surface area contributed by atoms with Crippen molar-refractivity contribution in [3.63, 3.8) is 0 Å². The highest BCUT2D eigenvalue weighted by atomic mass is 19.4. The summed E-state index contributed by atoms with van der Waals surface area (Å²) in [5.74, 6) is -0.185. The molecule has 5 aromatic rings. The number of fused-ring (bicyclic) bond motifs is 1.